The topological polar surface area (TPSA) is 54.9 Å². The average Bonchev–Trinajstić information content (AvgIpc) is 2.99. The maximum atomic E-state index is 13.3. The molecule has 0 saturated carbocycles. The van der Waals surface area contributed by atoms with E-state index in [0.29, 0.717) is 21.8 Å². The Morgan fingerprint density at radius 3 is 2.12 bits per heavy atom. The van der Waals surface area contributed by atoms with Crippen LogP contribution < -0.4 is 11.0 Å². The largest absolute Gasteiger partial charge is 0.299 e. The van der Waals surface area contributed by atoms with E-state index >= 15 is 0 Å². The number of hydrogen-bond donors (Lipinski definition) is 1. The third-order valence-electron chi connectivity index (χ3n) is 3.86. The molecule has 0 radical (unpaired) electrons. The highest BCUT2D eigenvalue weighted by atomic mass is 32.1. The molecule has 0 aliphatic heterocycles. The quantitative estimate of drug-likeness (QED) is 0.596. The highest BCUT2D eigenvalue weighted by Gasteiger charge is 2.16. The molecule has 0 bridgehead atoms. The molecule has 2 aromatic carbocycles. The third kappa shape index (κ3) is 2.58. The molecule has 0 aliphatic rings. The Bertz CT molecular complexity index is 1190. The number of aromatic amines is 1. The monoisotopic (exact) mass is 356 g/mol. The molecule has 25 heavy (non-hydrogen) atoms. The molecule has 4 nitrogen and oxygen atoms in total. The van der Waals surface area contributed by atoms with Crippen LogP contribution in [0.15, 0.2) is 64.2 Å². The summed E-state index contributed by atoms with van der Waals surface area (Å²) < 4.78 is 30.8. The molecule has 2 heterocycles. The van der Waals surface area contributed by atoms with Gasteiger partial charge in [0.15, 0.2) is 5.43 Å². The molecule has 0 fully saturated rings. The fourth-order valence-corrected chi connectivity index (χ4v) is 3.60. The summed E-state index contributed by atoms with van der Waals surface area (Å²) >= 11 is 1.02. The summed E-state index contributed by atoms with van der Waals surface area (Å²) in [4.78, 5) is 24.8. The van der Waals surface area contributed by atoms with Crippen molar-refractivity contribution in [2.24, 2.45) is 0 Å². The molecule has 0 aliphatic carbocycles. The molecule has 0 atom stereocenters. The summed E-state index contributed by atoms with van der Waals surface area (Å²) in [5, 5.41) is 0.0418. The van der Waals surface area contributed by atoms with Crippen molar-refractivity contribution in [2.75, 3.05) is 0 Å². The van der Waals surface area contributed by atoms with Gasteiger partial charge in [-0.15, -0.1) is 0 Å². The number of benzene rings is 2. The standard InChI is InChI=1S/C18H10F2N2O2S/c19-11-3-1-10(2-4-11)14-9-15(23)16-17(24)21-25-18(16)22(14)13-7-5-12(20)6-8-13/h1-9H,(H,21,24). The van der Waals surface area contributed by atoms with Crippen LogP contribution in [0.4, 0.5) is 8.78 Å². The lowest BCUT2D eigenvalue weighted by Gasteiger charge is -2.15. The molecule has 0 saturated heterocycles. The van der Waals surface area contributed by atoms with Crippen molar-refractivity contribution in [3.63, 3.8) is 0 Å². The number of nitrogens with zero attached hydrogens (tertiary/aromatic N) is 1. The van der Waals surface area contributed by atoms with Gasteiger partial charge in [-0.3, -0.25) is 18.5 Å². The first-order chi connectivity index (χ1) is 12.0. The van der Waals surface area contributed by atoms with Gasteiger partial charge in [0.25, 0.3) is 5.56 Å². The van der Waals surface area contributed by atoms with Gasteiger partial charge in [-0.05, 0) is 65.6 Å². The first-order valence-corrected chi connectivity index (χ1v) is 8.15. The number of aromatic nitrogens is 2. The summed E-state index contributed by atoms with van der Waals surface area (Å²) in [6, 6.07) is 12.7. The zero-order valence-corrected chi connectivity index (χ0v) is 13.4. The van der Waals surface area contributed by atoms with E-state index in [1.807, 2.05) is 0 Å². The fraction of sp³-hybridized carbons (Fsp3) is 0. The van der Waals surface area contributed by atoms with Crippen LogP contribution in [0.5, 0.6) is 0 Å². The first kappa shape index (κ1) is 15.5. The molecule has 7 heteroatoms. The van der Waals surface area contributed by atoms with Crippen LogP contribution in [0, 0.1) is 11.6 Å². The maximum Gasteiger partial charge on any atom is 0.271 e. The zero-order valence-electron chi connectivity index (χ0n) is 12.6. The van der Waals surface area contributed by atoms with E-state index in [-0.39, 0.29) is 5.39 Å². The van der Waals surface area contributed by atoms with Gasteiger partial charge in [0.1, 0.15) is 21.9 Å². The normalized spacial score (nSPS) is 11.1. The van der Waals surface area contributed by atoms with Crippen LogP contribution in [0.1, 0.15) is 0 Å². The Morgan fingerprint density at radius 1 is 0.880 bits per heavy atom. The van der Waals surface area contributed by atoms with E-state index in [1.165, 1.54) is 30.3 Å². The van der Waals surface area contributed by atoms with Gasteiger partial charge >= 0.3 is 0 Å². The van der Waals surface area contributed by atoms with Gasteiger partial charge in [0.05, 0.1) is 5.69 Å². The second kappa shape index (κ2) is 5.78. The van der Waals surface area contributed by atoms with Crippen LogP contribution in [0.25, 0.3) is 27.2 Å². The van der Waals surface area contributed by atoms with Crippen molar-refractivity contribution in [1.82, 2.24) is 8.94 Å². The predicted molar refractivity (Wildman–Crippen MR) is 93.4 cm³/mol. The smallest absolute Gasteiger partial charge is 0.271 e. The number of fused-ring (bicyclic) bond motifs is 1. The van der Waals surface area contributed by atoms with Crippen LogP contribution in [-0.2, 0) is 0 Å². The number of halogens is 2. The van der Waals surface area contributed by atoms with E-state index < -0.39 is 22.6 Å². The summed E-state index contributed by atoms with van der Waals surface area (Å²) in [6.45, 7) is 0. The van der Waals surface area contributed by atoms with Crippen molar-refractivity contribution in [2.45, 2.75) is 0 Å². The molecule has 1 N–H and O–H groups in total. The molecule has 0 spiro atoms. The average molecular weight is 356 g/mol. The van der Waals surface area contributed by atoms with Crippen molar-refractivity contribution in [1.29, 1.82) is 0 Å². The number of nitrogens with one attached hydrogen (secondary N) is 1. The number of hydrogen-bond acceptors (Lipinski definition) is 3. The van der Waals surface area contributed by atoms with Crippen molar-refractivity contribution in [3.05, 3.63) is 86.8 Å². The van der Waals surface area contributed by atoms with Gasteiger partial charge in [0, 0.05) is 11.8 Å². The third-order valence-corrected chi connectivity index (χ3v) is 4.73. The van der Waals surface area contributed by atoms with Gasteiger partial charge in [-0.1, -0.05) is 0 Å². The van der Waals surface area contributed by atoms with Crippen LogP contribution >= 0.6 is 11.5 Å². The maximum absolute atomic E-state index is 13.3. The van der Waals surface area contributed by atoms with Gasteiger partial charge in [-0.2, -0.15) is 0 Å². The number of H-pyrrole nitrogens is 1. The van der Waals surface area contributed by atoms with Crippen LogP contribution in [-0.4, -0.2) is 8.94 Å². The second-order valence-electron chi connectivity index (χ2n) is 5.43. The summed E-state index contributed by atoms with van der Waals surface area (Å²) in [5.74, 6) is -0.793. The molecular formula is C18H10F2N2O2S. The minimum Gasteiger partial charge on any atom is -0.299 e. The zero-order chi connectivity index (χ0) is 17.6. The molecule has 124 valence electrons. The van der Waals surface area contributed by atoms with Gasteiger partial charge in [0.2, 0.25) is 0 Å². The van der Waals surface area contributed by atoms with Gasteiger partial charge in [-0.25, -0.2) is 8.78 Å². The van der Waals surface area contributed by atoms with E-state index in [4.69, 9.17) is 0 Å². The fourth-order valence-electron chi connectivity index (χ4n) is 2.72. The van der Waals surface area contributed by atoms with Crippen molar-refractivity contribution in [3.8, 4) is 16.9 Å². The molecular weight excluding hydrogens is 346 g/mol. The highest BCUT2D eigenvalue weighted by Crippen LogP contribution is 2.27. The second-order valence-corrected chi connectivity index (χ2v) is 6.22. The van der Waals surface area contributed by atoms with Crippen LogP contribution in [0.3, 0.4) is 0 Å². The molecule has 2 aromatic heterocycles. The van der Waals surface area contributed by atoms with Crippen LogP contribution in [0.2, 0.25) is 0 Å². The molecule has 4 rings (SSSR count). The predicted octanol–water partition coefficient (Wildman–Crippen LogP) is 3.69. The van der Waals surface area contributed by atoms with Crippen molar-refractivity contribution >= 4 is 21.7 Å². The number of rotatable bonds is 2. The summed E-state index contributed by atoms with van der Waals surface area (Å²) in [6.07, 6.45) is 0. The Kier molecular flexibility index (Phi) is 3.58. The Labute approximate surface area is 143 Å². The lowest BCUT2D eigenvalue weighted by atomic mass is 10.1. The van der Waals surface area contributed by atoms with E-state index in [2.05, 4.69) is 4.37 Å². The van der Waals surface area contributed by atoms with E-state index in [9.17, 15) is 18.4 Å². The minimum absolute atomic E-state index is 0.0418. The lowest BCUT2D eigenvalue weighted by molar-refractivity contribution is 0.627. The van der Waals surface area contributed by atoms with E-state index in [0.717, 1.165) is 11.5 Å². The first-order valence-electron chi connectivity index (χ1n) is 7.34. The van der Waals surface area contributed by atoms with E-state index in [1.54, 1.807) is 28.8 Å². The summed E-state index contributed by atoms with van der Waals surface area (Å²) in [5.41, 5.74) is 0.785. The molecule has 0 unspecified atom stereocenters. The highest BCUT2D eigenvalue weighted by molar-refractivity contribution is 7.12. The van der Waals surface area contributed by atoms with Crippen molar-refractivity contribution < 1.29 is 8.78 Å². The summed E-state index contributed by atoms with van der Waals surface area (Å²) in [7, 11) is 0. The Balaban J connectivity index is 2.13. The SMILES string of the molecule is O=c1cc(-c2ccc(F)cc2)n(-c2ccc(F)cc2)c2s[nH]c(=O)c12. The van der Waals surface area contributed by atoms with Gasteiger partial charge < -0.3 is 0 Å². The Morgan fingerprint density at radius 2 is 1.48 bits per heavy atom. The number of pyridine rings is 1. The molecule has 4 aromatic rings. The minimum atomic E-state index is -0.466. The molecule has 0 amide bonds. The Hall–Kier alpha value is -3.06. The lowest BCUT2D eigenvalue weighted by Crippen LogP contribution is -2.14.